The summed E-state index contributed by atoms with van der Waals surface area (Å²) in [7, 11) is 2.11. The Balaban J connectivity index is 0.000000305. The number of phenolic OH excluding ortho intramolecular Hbond substituents is 1. The van der Waals surface area contributed by atoms with Crippen molar-refractivity contribution in [1.29, 1.82) is 0 Å². The van der Waals surface area contributed by atoms with Crippen LogP contribution < -0.4 is 4.74 Å². The van der Waals surface area contributed by atoms with E-state index in [1.165, 1.54) is 50.2 Å². The predicted molar refractivity (Wildman–Crippen MR) is 201 cm³/mol. The summed E-state index contributed by atoms with van der Waals surface area (Å²) in [6, 6.07) is 16.6. The third-order valence-corrected chi connectivity index (χ3v) is 7.81. The molecule has 0 spiro atoms. The quantitative estimate of drug-likeness (QED) is 0.0678. The van der Waals surface area contributed by atoms with Crippen LogP contribution in [0, 0.1) is 52.6 Å². The molecule has 0 aromatic heterocycles. The van der Waals surface area contributed by atoms with Crippen molar-refractivity contribution >= 4 is 29.3 Å². The monoisotopic (exact) mass is 884 g/mol. The second-order valence-electron chi connectivity index (χ2n) is 12.1. The van der Waals surface area contributed by atoms with Crippen molar-refractivity contribution in [3.05, 3.63) is 167 Å². The number of carbonyl (C=O) groups excluding carboxylic acids is 2. The molecule has 5 rings (SSSR count). The minimum Gasteiger partial charge on any atom is -0.507 e. The molecule has 62 heavy (non-hydrogen) atoms. The van der Waals surface area contributed by atoms with Crippen molar-refractivity contribution in [2.75, 3.05) is 14.2 Å². The number of carbonyl (C=O) groups is 3. The van der Waals surface area contributed by atoms with Crippen molar-refractivity contribution in [3.8, 4) is 17.2 Å². The second kappa shape index (κ2) is 21.6. The van der Waals surface area contributed by atoms with Gasteiger partial charge in [-0.2, -0.15) is 26.3 Å². The highest BCUT2D eigenvalue weighted by Gasteiger charge is 2.35. The third-order valence-electron chi connectivity index (χ3n) is 7.81. The van der Waals surface area contributed by atoms with Gasteiger partial charge < -0.3 is 24.4 Å². The molecule has 5 aromatic carbocycles. The number of rotatable bonds is 7. The number of benzene rings is 5. The molecule has 22 heteroatoms. The van der Waals surface area contributed by atoms with Gasteiger partial charge >= 0.3 is 30.3 Å². The highest BCUT2D eigenvalue weighted by Crippen LogP contribution is 2.40. The van der Waals surface area contributed by atoms with E-state index in [1.54, 1.807) is 6.92 Å². The van der Waals surface area contributed by atoms with Crippen LogP contribution in [0.5, 0.6) is 17.2 Å². The Morgan fingerprint density at radius 3 is 1.48 bits per heavy atom. The van der Waals surface area contributed by atoms with Crippen LogP contribution in [-0.2, 0) is 21.8 Å². The first kappa shape index (κ1) is 50.5. The maximum atomic E-state index is 13.1. The smallest absolute Gasteiger partial charge is 0.419 e. The van der Waals surface area contributed by atoms with Gasteiger partial charge in [-0.1, -0.05) is 30.3 Å². The van der Waals surface area contributed by atoms with Crippen LogP contribution in [0.1, 0.15) is 58.9 Å². The number of methoxy groups -OCH3 is 2. The van der Waals surface area contributed by atoms with E-state index in [-0.39, 0.29) is 28.0 Å². The van der Waals surface area contributed by atoms with Crippen molar-refractivity contribution < 1.29 is 83.8 Å². The largest absolute Gasteiger partial charge is 0.507 e. The number of halogens is 8. The zero-order valence-corrected chi connectivity index (χ0v) is 32.6. The van der Waals surface area contributed by atoms with E-state index in [2.05, 4.69) is 9.47 Å². The van der Waals surface area contributed by atoms with E-state index < -0.39 is 91.3 Å². The lowest BCUT2D eigenvalue weighted by molar-refractivity contribution is -0.385. The van der Waals surface area contributed by atoms with Gasteiger partial charge in [-0.3, -0.25) is 20.2 Å². The SMILES string of the molecule is COC(=O)c1cc(F)c(C)cc1[N+](=O)[O-].COC(=O)c1cc(Oc2ccccc2C(F)(F)F)c(C)cc1[N+](=O)[O-].Cc1ccc(C(=O)O)cc1F.Oc1ccccc1C(F)(F)F. The molecule has 0 radical (unpaired) electrons. The zero-order valence-electron chi connectivity index (χ0n) is 32.6. The number of para-hydroxylation sites is 2. The second-order valence-corrected chi connectivity index (χ2v) is 12.1. The lowest BCUT2D eigenvalue weighted by atomic mass is 10.1. The number of hydrogen-bond donors (Lipinski definition) is 2. The van der Waals surface area contributed by atoms with E-state index in [1.807, 2.05) is 0 Å². The lowest BCUT2D eigenvalue weighted by Gasteiger charge is -2.15. The number of nitro groups is 2. The maximum Gasteiger partial charge on any atom is 0.419 e. The molecule has 0 saturated heterocycles. The number of carboxylic acid groups (broad SMARTS) is 1. The van der Waals surface area contributed by atoms with Crippen molar-refractivity contribution in [2.45, 2.75) is 33.1 Å². The number of aromatic carboxylic acids is 1. The van der Waals surface area contributed by atoms with Crippen LogP contribution >= 0.6 is 0 Å². The molecule has 0 fully saturated rings. The van der Waals surface area contributed by atoms with Crippen LogP contribution in [0.25, 0.3) is 0 Å². The Labute approximate surface area is 344 Å². The fourth-order valence-electron chi connectivity index (χ4n) is 4.65. The topological polar surface area (TPSA) is 206 Å². The average Bonchev–Trinajstić information content (AvgIpc) is 3.19. The molecule has 0 aliphatic rings. The molecule has 0 saturated carbocycles. The molecule has 0 aliphatic carbocycles. The number of nitro benzene ring substituents is 2. The number of carboxylic acids is 1. The number of esters is 2. The summed E-state index contributed by atoms with van der Waals surface area (Å²) >= 11 is 0. The zero-order chi connectivity index (χ0) is 47.3. The molecule has 0 bridgehead atoms. The van der Waals surface area contributed by atoms with Gasteiger partial charge in [0.1, 0.15) is 40.0 Å². The number of hydrogen-bond acceptors (Lipinski definition) is 11. The highest BCUT2D eigenvalue weighted by atomic mass is 19.4. The molecule has 0 unspecified atom stereocenters. The number of aromatic hydroxyl groups is 1. The lowest BCUT2D eigenvalue weighted by Crippen LogP contribution is -2.09. The normalized spacial score (nSPS) is 10.6. The van der Waals surface area contributed by atoms with Gasteiger partial charge in [-0.15, -0.1) is 0 Å². The minimum absolute atomic E-state index is 0.0203. The van der Waals surface area contributed by atoms with Gasteiger partial charge in [0.25, 0.3) is 11.4 Å². The van der Waals surface area contributed by atoms with Gasteiger partial charge in [0.15, 0.2) is 0 Å². The number of nitrogens with zero attached hydrogens (tertiary/aromatic N) is 2. The van der Waals surface area contributed by atoms with E-state index in [0.29, 0.717) is 5.56 Å². The van der Waals surface area contributed by atoms with Gasteiger partial charge in [-0.05, 0) is 79.9 Å². The Morgan fingerprint density at radius 2 is 1.05 bits per heavy atom. The summed E-state index contributed by atoms with van der Waals surface area (Å²) in [6.45, 7) is 4.38. The van der Waals surface area contributed by atoms with Gasteiger partial charge in [-0.25, -0.2) is 23.2 Å². The summed E-state index contributed by atoms with van der Waals surface area (Å²) in [5, 5.41) is 38.8. The Morgan fingerprint density at radius 1 is 0.597 bits per heavy atom. The van der Waals surface area contributed by atoms with Crippen molar-refractivity contribution in [2.24, 2.45) is 0 Å². The predicted octanol–water partition coefficient (Wildman–Crippen LogP) is 10.6. The van der Waals surface area contributed by atoms with E-state index in [4.69, 9.17) is 14.9 Å². The minimum atomic E-state index is -4.64. The maximum absolute atomic E-state index is 13.1. The van der Waals surface area contributed by atoms with E-state index in [0.717, 1.165) is 68.8 Å². The Kier molecular flexibility index (Phi) is 17.6. The van der Waals surface area contributed by atoms with Gasteiger partial charge in [0.05, 0.1) is 40.8 Å². The van der Waals surface area contributed by atoms with Crippen LogP contribution in [0.3, 0.4) is 0 Å². The first-order valence-corrected chi connectivity index (χ1v) is 16.8. The number of aryl methyl sites for hydroxylation is 3. The molecular formula is C40H32F8N2O12. The van der Waals surface area contributed by atoms with Crippen molar-refractivity contribution in [1.82, 2.24) is 0 Å². The highest BCUT2D eigenvalue weighted by molar-refractivity contribution is 5.95. The molecule has 0 aliphatic heterocycles. The fourth-order valence-corrected chi connectivity index (χ4v) is 4.65. The molecule has 330 valence electrons. The average molecular weight is 885 g/mol. The van der Waals surface area contributed by atoms with E-state index >= 15 is 0 Å². The summed E-state index contributed by atoms with van der Waals surface area (Å²) in [5.74, 6) is -5.54. The van der Waals surface area contributed by atoms with Gasteiger partial charge in [0, 0.05) is 18.2 Å². The van der Waals surface area contributed by atoms with Crippen LogP contribution in [-0.4, -0.2) is 52.2 Å². The first-order chi connectivity index (χ1) is 28.7. The summed E-state index contributed by atoms with van der Waals surface area (Å²) < 4.78 is 115. The molecule has 0 amide bonds. The molecule has 5 aromatic rings. The number of phenols is 1. The Hall–Kier alpha value is -7.65. The molecule has 14 nitrogen and oxygen atoms in total. The third kappa shape index (κ3) is 14.0. The summed E-state index contributed by atoms with van der Waals surface area (Å²) in [6.07, 6.45) is -9.11. The number of ether oxygens (including phenoxy) is 3. The first-order valence-electron chi connectivity index (χ1n) is 16.8. The number of alkyl halides is 6. The van der Waals surface area contributed by atoms with Crippen LogP contribution in [0.4, 0.5) is 46.5 Å². The summed E-state index contributed by atoms with van der Waals surface area (Å²) in [5.41, 5.74) is -3.06. The molecule has 0 heterocycles. The molecular weight excluding hydrogens is 852 g/mol. The van der Waals surface area contributed by atoms with Crippen LogP contribution in [0.2, 0.25) is 0 Å². The Bertz CT molecular complexity index is 2460. The molecule has 0 atom stereocenters. The molecule has 2 N–H and O–H groups in total. The standard InChI is InChI=1S/C16H12F3NO5.C9H8FNO4.C8H7FO2.C7H5F3O/c1-9-7-12(20(22)23)10(15(21)24-2)8-14(9)25-13-6-4-3-5-11(13)16(17,18)19;1-5-3-8(11(13)14)6(4-7(5)10)9(12)15-2;1-5-2-3-6(8(10)11)4-7(5)9;8-7(9,10)5-3-1-2-4-6(5)11/h3-8H,1-2H3;3-4H,1-2H3;2-4H,1H3,(H,10,11);1-4,11H. The van der Waals surface area contributed by atoms with Crippen molar-refractivity contribution in [3.63, 3.8) is 0 Å². The van der Waals surface area contributed by atoms with Crippen LogP contribution in [0.15, 0.2) is 91.0 Å². The van der Waals surface area contributed by atoms with E-state index in [9.17, 15) is 69.7 Å². The summed E-state index contributed by atoms with van der Waals surface area (Å²) in [4.78, 5) is 53.2. The van der Waals surface area contributed by atoms with Gasteiger partial charge in [0.2, 0.25) is 0 Å². The fraction of sp³-hybridized carbons (Fsp3) is 0.175.